The number of halogens is 2. The highest BCUT2D eigenvalue weighted by atomic mass is 35.5. The van der Waals surface area contributed by atoms with Gasteiger partial charge in [-0.1, -0.05) is 11.6 Å². The number of nitrogens with zero attached hydrogens (tertiary/aromatic N) is 1. The van der Waals surface area contributed by atoms with Crippen molar-refractivity contribution in [1.29, 1.82) is 0 Å². The van der Waals surface area contributed by atoms with E-state index in [1.54, 1.807) is 7.05 Å². The molecule has 1 N–H and O–H groups in total. The molecule has 0 saturated heterocycles. The van der Waals surface area contributed by atoms with Crippen LogP contribution >= 0.6 is 23.4 Å². The van der Waals surface area contributed by atoms with Crippen LogP contribution in [0.4, 0.5) is 4.39 Å². The van der Waals surface area contributed by atoms with E-state index in [1.807, 2.05) is 6.26 Å². The van der Waals surface area contributed by atoms with Crippen LogP contribution in [0.15, 0.2) is 17.0 Å². The summed E-state index contributed by atoms with van der Waals surface area (Å²) >= 11 is 7.42. The van der Waals surface area contributed by atoms with Crippen molar-refractivity contribution in [1.82, 2.24) is 9.62 Å². The minimum atomic E-state index is -3.87. The van der Waals surface area contributed by atoms with E-state index in [0.29, 0.717) is 12.3 Å². The van der Waals surface area contributed by atoms with Gasteiger partial charge in [0, 0.05) is 36.5 Å². The average molecular weight is 341 g/mol. The fourth-order valence-corrected chi connectivity index (χ4v) is 3.81. The van der Waals surface area contributed by atoms with E-state index in [0.717, 1.165) is 10.4 Å². The van der Waals surface area contributed by atoms with Crippen molar-refractivity contribution in [3.8, 4) is 0 Å². The standard InChI is InChI=1S/C12H18ClFN2O2S2/c1-15-8-9-6-10(13)7-11(12(9)14)20(17,18)16(2)4-5-19-3/h6-7,15H,4-5,8H2,1-3H3. The molecule has 0 aromatic heterocycles. The summed E-state index contributed by atoms with van der Waals surface area (Å²) in [6.07, 6.45) is 1.88. The van der Waals surface area contributed by atoms with Crippen molar-refractivity contribution in [3.63, 3.8) is 0 Å². The monoisotopic (exact) mass is 340 g/mol. The van der Waals surface area contributed by atoms with Crippen molar-refractivity contribution < 1.29 is 12.8 Å². The molecule has 8 heteroatoms. The molecule has 0 amide bonds. The lowest BCUT2D eigenvalue weighted by molar-refractivity contribution is 0.478. The number of rotatable bonds is 7. The van der Waals surface area contributed by atoms with Gasteiger partial charge in [-0.05, 0) is 25.4 Å². The van der Waals surface area contributed by atoms with Gasteiger partial charge in [0.2, 0.25) is 10.0 Å². The lowest BCUT2D eigenvalue weighted by Gasteiger charge is -2.18. The van der Waals surface area contributed by atoms with E-state index in [-0.39, 0.29) is 22.0 Å². The SMILES string of the molecule is CNCc1cc(Cl)cc(S(=O)(=O)N(C)CCSC)c1F. The molecule has 114 valence electrons. The van der Waals surface area contributed by atoms with Crippen LogP contribution in [0.5, 0.6) is 0 Å². The second-order valence-electron chi connectivity index (χ2n) is 4.23. The predicted octanol–water partition coefficient (Wildman–Crippen LogP) is 2.18. The van der Waals surface area contributed by atoms with Crippen LogP contribution in [0, 0.1) is 5.82 Å². The van der Waals surface area contributed by atoms with Crippen molar-refractivity contribution in [2.75, 3.05) is 32.6 Å². The molecule has 0 atom stereocenters. The van der Waals surface area contributed by atoms with Crippen LogP contribution in [-0.4, -0.2) is 45.4 Å². The number of sulfonamides is 1. The van der Waals surface area contributed by atoms with Crippen LogP contribution in [0.1, 0.15) is 5.56 Å². The van der Waals surface area contributed by atoms with Gasteiger partial charge in [0.25, 0.3) is 0 Å². The van der Waals surface area contributed by atoms with Crippen molar-refractivity contribution in [3.05, 3.63) is 28.5 Å². The Morgan fingerprint density at radius 1 is 1.45 bits per heavy atom. The first-order valence-corrected chi connectivity index (χ1v) is 9.13. The Kier molecular flexibility index (Phi) is 6.74. The molecule has 0 spiro atoms. The highest BCUT2D eigenvalue weighted by molar-refractivity contribution is 7.98. The Labute approximate surface area is 128 Å². The minimum absolute atomic E-state index is 0.202. The van der Waals surface area contributed by atoms with E-state index < -0.39 is 15.8 Å². The molecule has 1 aromatic carbocycles. The van der Waals surface area contributed by atoms with Crippen LogP contribution < -0.4 is 5.32 Å². The lowest BCUT2D eigenvalue weighted by Crippen LogP contribution is -2.30. The summed E-state index contributed by atoms with van der Waals surface area (Å²) in [6, 6.07) is 2.58. The topological polar surface area (TPSA) is 49.4 Å². The minimum Gasteiger partial charge on any atom is -0.316 e. The van der Waals surface area contributed by atoms with Crippen LogP contribution in [0.3, 0.4) is 0 Å². The summed E-state index contributed by atoms with van der Waals surface area (Å²) in [7, 11) is -0.786. The summed E-state index contributed by atoms with van der Waals surface area (Å²) in [5.74, 6) is -0.110. The molecule has 0 heterocycles. The molecule has 0 aliphatic carbocycles. The van der Waals surface area contributed by atoms with Gasteiger partial charge in [-0.2, -0.15) is 11.8 Å². The number of benzene rings is 1. The number of hydrogen-bond donors (Lipinski definition) is 1. The summed E-state index contributed by atoms with van der Waals surface area (Å²) < 4.78 is 40.2. The van der Waals surface area contributed by atoms with Gasteiger partial charge >= 0.3 is 0 Å². The molecule has 0 saturated carbocycles. The normalized spacial score (nSPS) is 12.1. The first kappa shape index (κ1) is 17.7. The second kappa shape index (κ2) is 7.61. The van der Waals surface area contributed by atoms with Gasteiger partial charge in [0.15, 0.2) is 0 Å². The summed E-state index contributed by atoms with van der Waals surface area (Å²) in [5.41, 5.74) is 0.233. The van der Waals surface area contributed by atoms with E-state index in [9.17, 15) is 12.8 Å². The number of nitrogens with one attached hydrogen (secondary N) is 1. The molecule has 1 rings (SSSR count). The Bertz CT molecular complexity index is 567. The summed E-state index contributed by atoms with van der Waals surface area (Å²) in [6.45, 7) is 0.528. The lowest BCUT2D eigenvalue weighted by atomic mass is 10.2. The molecule has 0 fully saturated rings. The smallest absolute Gasteiger partial charge is 0.245 e. The van der Waals surface area contributed by atoms with Gasteiger partial charge < -0.3 is 5.32 Å². The van der Waals surface area contributed by atoms with Crippen LogP contribution in [0.25, 0.3) is 0 Å². The molecule has 20 heavy (non-hydrogen) atoms. The molecule has 0 unspecified atom stereocenters. The maximum Gasteiger partial charge on any atom is 0.245 e. The molecule has 0 aliphatic heterocycles. The fraction of sp³-hybridized carbons (Fsp3) is 0.500. The molecule has 4 nitrogen and oxygen atoms in total. The van der Waals surface area contributed by atoms with Gasteiger partial charge in [0.05, 0.1) is 0 Å². The first-order valence-electron chi connectivity index (χ1n) is 5.92. The first-order chi connectivity index (χ1) is 9.34. The van der Waals surface area contributed by atoms with Gasteiger partial charge in [-0.3, -0.25) is 0 Å². The summed E-state index contributed by atoms with van der Waals surface area (Å²) in [4.78, 5) is -0.376. The largest absolute Gasteiger partial charge is 0.316 e. The molecule has 1 aromatic rings. The zero-order chi connectivity index (χ0) is 15.3. The number of hydrogen-bond acceptors (Lipinski definition) is 4. The fourth-order valence-electron chi connectivity index (χ4n) is 1.63. The molecular weight excluding hydrogens is 323 g/mol. The quantitative estimate of drug-likeness (QED) is 0.826. The Morgan fingerprint density at radius 3 is 2.65 bits per heavy atom. The van der Waals surface area contributed by atoms with Gasteiger partial charge in [-0.25, -0.2) is 17.1 Å². The van der Waals surface area contributed by atoms with Crippen LogP contribution in [-0.2, 0) is 16.6 Å². The molecule has 0 aliphatic rings. The Balaban J connectivity index is 3.24. The average Bonchev–Trinajstić information content (AvgIpc) is 2.39. The zero-order valence-corrected chi connectivity index (χ0v) is 14.0. The highest BCUT2D eigenvalue weighted by Crippen LogP contribution is 2.26. The van der Waals surface area contributed by atoms with Crippen molar-refractivity contribution in [2.45, 2.75) is 11.4 Å². The zero-order valence-electron chi connectivity index (χ0n) is 11.6. The van der Waals surface area contributed by atoms with E-state index in [1.165, 1.54) is 24.9 Å². The Morgan fingerprint density at radius 2 is 2.10 bits per heavy atom. The Hall–Kier alpha value is -0.340. The van der Waals surface area contributed by atoms with E-state index in [2.05, 4.69) is 5.32 Å². The van der Waals surface area contributed by atoms with Gasteiger partial charge in [0.1, 0.15) is 10.7 Å². The maximum atomic E-state index is 14.3. The third-order valence-electron chi connectivity index (χ3n) is 2.75. The van der Waals surface area contributed by atoms with Crippen molar-refractivity contribution >= 4 is 33.4 Å². The van der Waals surface area contributed by atoms with Crippen LogP contribution in [0.2, 0.25) is 5.02 Å². The maximum absolute atomic E-state index is 14.3. The molecule has 0 radical (unpaired) electrons. The van der Waals surface area contributed by atoms with Crippen molar-refractivity contribution in [2.24, 2.45) is 0 Å². The predicted molar refractivity (Wildman–Crippen MR) is 82.4 cm³/mol. The third-order valence-corrected chi connectivity index (χ3v) is 5.41. The van der Waals surface area contributed by atoms with E-state index >= 15 is 0 Å². The van der Waals surface area contributed by atoms with E-state index in [4.69, 9.17) is 11.6 Å². The number of thioether (sulfide) groups is 1. The third kappa shape index (κ3) is 4.08. The molecule has 0 bridgehead atoms. The highest BCUT2D eigenvalue weighted by Gasteiger charge is 2.26. The van der Waals surface area contributed by atoms with Gasteiger partial charge in [-0.15, -0.1) is 0 Å². The second-order valence-corrected chi connectivity index (χ2v) is 7.66. The summed E-state index contributed by atoms with van der Waals surface area (Å²) in [5, 5.41) is 2.99. The molecular formula is C12H18ClFN2O2S2.